The average Bonchev–Trinajstić information content (AvgIpc) is 2.67. The number of aliphatic carboxylic acids is 1. The molecule has 0 aromatic carbocycles. The summed E-state index contributed by atoms with van der Waals surface area (Å²) in [5.74, 6) is -2.05. The third kappa shape index (κ3) is 4.15. The number of methoxy groups -OCH3 is 1. The van der Waals surface area contributed by atoms with Crippen molar-refractivity contribution in [3.8, 4) is 0 Å². The van der Waals surface area contributed by atoms with Gasteiger partial charge in [0.2, 0.25) is 0 Å². The van der Waals surface area contributed by atoms with Crippen molar-refractivity contribution in [1.82, 2.24) is 4.90 Å². The standard InChI is InChI=1S/C10H18N2O6S/c1-18-8(4-11)10(15)12(5-9(13)14)7-2-3-19(16,17)6-7/h7-8H,2-6,11H2,1H3,(H,13,14). The number of carboxylic acids is 1. The van der Waals surface area contributed by atoms with E-state index in [1.807, 2.05) is 0 Å². The predicted octanol–water partition coefficient (Wildman–Crippen LogP) is -1.94. The van der Waals surface area contributed by atoms with Gasteiger partial charge in [0.15, 0.2) is 9.84 Å². The molecule has 1 aliphatic heterocycles. The van der Waals surface area contributed by atoms with Crippen LogP contribution in [0.5, 0.6) is 0 Å². The van der Waals surface area contributed by atoms with E-state index in [9.17, 15) is 18.0 Å². The van der Waals surface area contributed by atoms with E-state index in [4.69, 9.17) is 15.6 Å². The number of nitrogens with zero attached hydrogens (tertiary/aromatic N) is 1. The van der Waals surface area contributed by atoms with Crippen LogP contribution in [-0.2, 0) is 24.2 Å². The summed E-state index contributed by atoms with van der Waals surface area (Å²) in [6.07, 6.45) is -0.717. The number of sulfone groups is 1. The zero-order valence-corrected chi connectivity index (χ0v) is 11.4. The number of nitrogens with two attached hydrogens (primary N) is 1. The molecule has 3 N–H and O–H groups in total. The van der Waals surface area contributed by atoms with Crippen LogP contribution < -0.4 is 5.73 Å². The zero-order chi connectivity index (χ0) is 14.6. The van der Waals surface area contributed by atoms with E-state index in [1.54, 1.807) is 0 Å². The van der Waals surface area contributed by atoms with Gasteiger partial charge in [0.1, 0.15) is 12.6 Å². The van der Waals surface area contributed by atoms with Crippen molar-refractivity contribution < 1.29 is 27.9 Å². The Bertz CT molecular complexity index is 445. The highest BCUT2D eigenvalue weighted by Crippen LogP contribution is 2.18. The van der Waals surface area contributed by atoms with Gasteiger partial charge in [0.25, 0.3) is 5.91 Å². The molecule has 19 heavy (non-hydrogen) atoms. The molecule has 0 spiro atoms. The summed E-state index contributed by atoms with van der Waals surface area (Å²) in [7, 11) is -1.92. The van der Waals surface area contributed by atoms with Crippen molar-refractivity contribution in [2.45, 2.75) is 18.6 Å². The summed E-state index contributed by atoms with van der Waals surface area (Å²) in [5.41, 5.74) is 5.37. The fourth-order valence-electron chi connectivity index (χ4n) is 2.04. The molecule has 2 unspecified atom stereocenters. The Labute approximate surface area is 111 Å². The van der Waals surface area contributed by atoms with Gasteiger partial charge in [-0.25, -0.2) is 8.42 Å². The van der Waals surface area contributed by atoms with Gasteiger partial charge in [-0.3, -0.25) is 9.59 Å². The number of rotatable bonds is 6. The number of hydrogen-bond acceptors (Lipinski definition) is 6. The summed E-state index contributed by atoms with van der Waals surface area (Å²) < 4.78 is 27.7. The molecular formula is C10H18N2O6S. The Kier molecular flexibility index (Phi) is 5.27. The van der Waals surface area contributed by atoms with Gasteiger partial charge < -0.3 is 20.5 Å². The molecule has 1 rings (SSSR count). The molecule has 0 radical (unpaired) electrons. The summed E-state index contributed by atoms with van der Waals surface area (Å²) >= 11 is 0. The monoisotopic (exact) mass is 294 g/mol. The Balaban J connectivity index is 2.89. The Morgan fingerprint density at radius 2 is 2.16 bits per heavy atom. The lowest BCUT2D eigenvalue weighted by Crippen LogP contribution is -2.50. The minimum absolute atomic E-state index is 0.0403. The smallest absolute Gasteiger partial charge is 0.323 e. The Morgan fingerprint density at radius 3 is 2.53 bits per heavy atom. The highest BCUT2D eigenvalue weighted by atomic mass is 32.2. The first-order chi connectivity index (χ1) is 8.80. The fourth-order valence-corrected chi connectivity index (χ4v) is 3.77. The van der Waals surface area contributed by atoms with Crippen LogP contribution in [0.1, 0.15) is 6.42 Å². The number of carbonyl (C=O) groups excluding carboxylic acids is 1. The number of hydrogen-bond donors (Lipinski definition) is 2. The molecule has 0 bridgehead atoms. The van der Waals surface area contributed by atoms with Gasteiger partial charge in [-0.1, -0.05) is 0 Å². The van der Waals surface area contributed by atoms with E-state index in [0.29, 0.717) is 0 Å². The molecule has 2 atom stereocenters. The first-order valence-electron chi connectivity index (χ1n) is 5.76. The minimum atomic E-state index is -3.21. The second kappa shape index (κ2) is 6.31. The topological polar surface area (TPSA) is 127 Å². The molecule has 1 aliphatic rings. The van der Waals surface area contributed by atoms with Crippen molar-refractivity contribution in [2.24, 2.45) is 5.73 Å². The molecule has 0 saturated carbocycles. The third-order valence-corrected chi connectivity index (χ3v) is 4.76. The normalized spacial score (nSPS) is 22.9. The van der Waals surface area contributed by atoms with Crippen LogP contribution in [0, 0.1) is 0 Å². The SMILES string of the molecule is COC(CN)C(=O)N(CC(=O)O)C1CCS(=O)(=O)C1. The second-order valence-electron chi connectivity index (χ2n) is 4.38. The highest BCUT2D eigenvalue weighted by Gasteiger charge is 2.37. The summed E-state index contributed by atoms with van der Waals surface area (Å²) in [5, 5.41) is 8.84. The predicted molar refractivity (Wildman–Crippen MR) is 66.3 cm³/mol. The fraction of sp³-hybridized carbons (Fsp3) is 0.800. The van der Waals surface area contributed by atoms with E-state index in [2.05, 4.69) is 0 Å². The zero-order valence-electron chi connectivity index (χ0n) is 10.6. The van der Waals surface area contributed by atoms with Crippen LogP contribution in [-0.4, -0.2) is 74.2 Å². The first-order valence-corrected chi connectivity index (χ1v) is 7.58. The van der Waals surface area contributed by atoms with E-state index >= 15 is 0 Å². The van der Waals surface area contributed by atoms with Gasteiger partial charge in [-0.2, -0.15) is 0 Å². The Hall–Kier alpha value is -1.19. The largest absolute Gasteiger partial charge is 0.480 e. The molecule has 0 aromatic rings. The van der Waals surface area contributed by atoms with E-state index in [0.717, 1.165) is 4.90 Å². The summed E-state index contributed by atoms with van der Waals surface area (Å²) in [6.45, 7) is -0.649. The van der Waals surface area contributed by atoms with E-state index in [-0.39, 0.29) is 24.5 Å². The molecule has 1 saturated heterocycles. The second-order valence-corrected chi connectivity index (χ2v) is 6.61. The molecule has 1 amide bonds. The number of amides is 1. The first kappa shape index (κ1) is 15.9. The van der Waals surface area contributed by atoms with Crippen molar-refractivity contribution >= 4 is 21.7 Å². The molecule has 110 valence electrons. The van der Waals surface area contributed by atoms with Gasteiger partial charge in [-0.05, 0) is 6.42 Å². The quantitative estimate of drug-likeness (QED) is 0.583. The molecule has 0 aromatic heterocycles. The van der Waals surface area contributed by atoms with Gasteiger partial charge in [0.05, 0.1) is 11.5 Å². The van der Waals surface area contributed by atoms with Crippen LogP contribution in [0.3, 0.4) is 0 Å². The van der Waals surface area contributed by atoms with Gasteiger partial charge in [0, 0.05) is 19.7 Å². The Morgan fingerprint density at radius 1 is 1.53 bits per heavy atom. The van der Waals surface area contributed by atoms with Crippen LogP contribution in [0.15, 0.2) is 0 Å². The van der Waals surface area contributed by atoms with E-state index < -0.39 is 40.4 Å². The lowest BCUT2D eigenvalue weighted by molar-refractivity contribution is -0.151. The molecule has 1 heterocycles. The molecule has 9 heteroatoms. The van der Waals surface area contributed by atoms with Crippen LogP contribution in [0.25, 0.3) is 0 Å². The molecule has 1 fully saturated rings. The average molecular weight is 294 g/mol. The maximum Gasteiger partial charge on any atom is 0.323 e. The van der Waals surface area contributed by atoms with Crippen molar-refractivity contribution in [1.29, 1.82) is 0 Å². The molecule has 8 nitrogen and oxygen atoms in total. The minimum Gasteiger partial charge on any atom is -0.480 e. The summed E-state index contributed by atoms with van der Waals surface area (Å²) in [4.78, 5) is 24.0. The van der Waals surface area contributed by atoms with E-state index in [1.165, 1.54) is 7.11 Å². The number of carboxylic acid groups (broad SMARTS) is 1. The molecular weight excluding hydrogens is 276 g/mol. The van der Waals surface area contributed by atoms with Crippen molar-refractivity contribution in [3.63, 3.8) is 0 Å². The van der Waals surface area contributed by atoms with Crippen molar-refractivity contribution in [2.75, 3.05) is 31.7 Å². The highest BCUT2D eigenvalue weighted by molar-refractivity contribution is 7.91. The van der Waals surface area contributed by atoms with Gasteiger partial charge >= 0.3 is 5.97 Å². The summed E-state index contributed by atoms with van der Waals surface area (Å²) in [6, 6.07) is -0.627. The lowest BCUT2D eigenvalue weighted by atomic mass is 10.2. The van der Waals surface area contributed by atoms with Crippen LogP contribution >= 0.6 is 0 Å². The third-order valence-electron chi connectivity index (χ3n) is 3.01. The number of carbonyl (C=O) groups is 2. The van der Waals surface area contributed by atoms with Crippen LogP contribution in [0.4, 0.5) is 0 Å². The maximum absolute atomic E-state index is 12.1. The lowest BCUT2D eigenvalue weighted by Gasteiger charge is -2.29. The number of ether oxygens (including phenoxy) is 1. The van der Waals surface area contributed by atoms with Gasteiger partial charge in [-0.15, -0.1) is 0 Å². The maximum atomic E-state index is 12.1. The van der Waals surface area contributed by atoms with Crippen LogP contribution in [0.2, 0.25) is 0 Å². The van der Waals surface area contributed by atoms with Crippen molar-refractivity contribution in [3.05, 3.63) is 0 Å². The molecule has 0 aliphatic carbocycles.